The van der Waals surface area contributed by atoms with Crippen LogP contribution in [0.1, 0.15) is 22.3 Å². The molecular weight excluding hydrogens is 383 g/mol. The van der Waals surface area contributed by atoms with Gasteiger partial charge in [0.05, 0.1) is 10.8 Å². The number of halogens is 5. The Morgan fingerprint density at radius 3 is 1.59 bits per heavy atom. The molecule has 0 unspecified atom stereocenters. The first-order valence-corrected chi connectivity index (χ1v) is 9.00. The highest BCUT2D eigenvalue weighted by atomic mass is 19.2. The Bertz CT molecular complexity index is 1240. The zero-order valence-corrected chi connectivity index (χ0v) is 16.4. The lowest BCUT2D eigenvalue weighted by molar-refractivity contribution is 0.506. The van der Waals surface area contributed by atoms with Gasteiger partial charge < -0.3 is 0 Å². The summed E-state index contributed by atoms with van der Waals surface area (Å²) >= 11 is 0. The van der Waals surface area contributed by atoms with E-state index in [1.165, 1.54) is 26.0 Å². The fraction of sp³-hybridized carbons (Fsp3) is 0.167. The standard InChI is InChI=1S/C12H9F3.C12H10F2/c1-6-3-4-8-5-7(2)11(14)12(15)9(8)10(6)13;1-7-5-9-4-3-8(2)12(14)11(9)10(13)6-7/h3-5H,1-2H3;3-6H,1-2H3. The molecule has 0 aliphatic carbocycles. The maximum Gasteiger partial charge on any atom is 0.169 e. The summed E-state index contributed by atoms with van der Waals surface area (Å²) in [5.41, 5.74) is 1.77. The Balaban J connectivity index is 0.000000166. The van der Waals surface area contributed by atoms with Crippen LogP contribution in [0.2, 0.25) is 0 Å². The highest BCUT2D eigenvalue weighted by Gasteiger charge is 2.15. The van der Waals surface area contributed by atoms with Gasteiger partial charge in [0.15, 0.2) is 11.6 Å². The second-order valence-electron chi connectivity index (χ2n) is 7.16. The lowest BCUT2D eigenvalue weighted by atomic mass is 10.0. The van der Waals surface area contributed by atoms with Gasteiger partial charge in [-0.3, -0.25) is 0 Å². The van der Waals surface area contributed by atoms with Gasteiger partial charge >= 0.3 is 0 Å². The van der Waals surface area contributed by atoms with Crippen LogP contribution in [0.25, 0.3) is 21.5 Å². The van der Waals surface area contributed by atoms with Crippen molar-refractivity contribution in [3.63, 3.8) is 0 Å². The molecule has 0 heterocycles. The molecule has 0 amide bonds. The fourth-order valence-electron chi connectivity index (χ4n) is 3.24. The molecule has 0 aromatic heterocycles. The van der Waals surface area contributed by atoms with Crippen molar-refractivity contribution in [1.82, 2.24) is 0 Å². The van der Waals surface area contributed by atoms with Gasteiger partial charge in [-0.05, 0) is 72.9 Å². The van der Waals surface area contributed by atoms with Crippen LogP contribution in [0.4, 0.5) is 22.0 Å². The fourth-order valence-corrected chi connectivity index (χ4v) is 3.24. The van der Waals surface area contributed by atoms with Gasteiger partial charge in [-0.25, -0.2) is 22.0 Å². The summed E-state index contributed by atoms with van der Waals surface area (Å²) < 4.78 is 67.3. The summed E-state index contributed by atoms with van der Waals surface area (Å²) in [5, 5.41) is 0.828. The van der Waals surface area contributed by atoms with E-state index in [2.05, 4.69) is 0 Å². The van der Waals surface area contributed by atoms with Crippen molar-refractivity contribution >= 4 is 21.5 Å². The van der Waals surface area contributed by atoms with E-state index in [4.69, 9.17) is 0 Å². The Morgan fingerprint density at radius 2 is 1.00 bits per heavy atom. The first kappa shape index (κ1) is 20.8. The van der Waals surface area contributed by atoms with Crippen LogP contribution in [-0.2, 0) is 0 Å². The van der Waals surface area contributed by atoms with Gasteiger partial charge in [0.2, 0.25) is 0 Å². The maximum absolute atomic E-state index is 13.6. The molecule has 0 radical (unpaired) electrons. The molecule has 0 fully saturated rings. The lowest BCUT2D eigenvalue weighted by Gasteiger charge is -2.06. The molecule has 5 heteroatoms. The summed E-state index contributed by atoms with van der Waals surface area (Å²) in [6, 6.07) is 11.1. The molecule has 0 spiro atoms. The molecule has 4 aromatic rings. The Labute approximate surface area is 165 Å². The molecule has 150 valence electrons. The van der Waals surface area contributed by atoms with Gasteiger partial charge in [-0.1, -0.05) is 30.3 Å². The lowest BCUT2D eigenvalue weighted by Crippen LogP contribution is -1.95. The van der Waals surface area contributed by atoms with Crippen LogP contribution >= 0.6 is 0 Å². The highest BCUT2D eigenvalue weighted by Crippen LogP contribution is 2.27. The minimum absolute atomic E-state index is 0.0931. The zero-order chi connectivity index (χ0) is 21.5. The molecule has 0 aliphatic heterocycles. The molecule has 29 heavy (non-hydrogen) atoms. The van der Waals surface area contributed by atoms with Crippen molar-refractivity contribution in [1.29, 1.82) is 0 Å². The van der Waals surface area contributed by atoms with E-state index in [1.807, 2.05) is 0 Å². The van der Waals surface area contributed by atoms with Crippen molar-refractivity contribution < 1.29 is 22.0 Å². The predicted molar refractivity (Wildman–Crippen MR) is 107 cm³/mol. The van der Waals surface area contributed by atoms with E-state index in [0.29, 0.717) is 21.9 Å². The van der Waals surface area contributed by atoms with E-state index in [0.717, 1.165) is 5.56 Å². The Hall–Kier alpha value is -2.95. The molecule has 0 aliphatic rings. The highest BCUT2D eigenvalue weighted by molar-refractivity contribution is 5.86. The third-order valence-corrected chi connectivity index (χ3v) is 4.84. The predicted octanol–water partition coefficient (Wildman–Crippen LogP) is 7.61. The van der Waals surface area contributed by atoms with Crippen LogP contribution in [-0.4, -0.2) is 0 Å². The smallest absolute Gasteiger partial charge is 0.169 e. The first-order chi connectivity index (χ1) is 13.6. The van der Waals surface area contributed by atoms with E-state index in [1.54, 1.807) is 44.2 Å². The van der Waals surface area contributed by atoms with Crippen molar-refractivity contribution in [2.45, 2.75) is 27.7 Å². The summed E-state index contributed by atoms with van der Waals surface area (Å²) in [7, 11) is 0. The molecule has 4 aromatic carbocycles. The maximum atomic E-state index is 13.6. The van der Waals surface area contributed by atoms with Crippen molar-refractivity contribution in [3.8, 4) is 0 Å². The Morgan fingerprint density at radius 1 is 0.483 bits per heavy atom. The van der Waals surface area contributed by atoms with Gasteiger partial charge in [0, 0.05) is 0 Å². The molecule has 0 saturated heterocycles. The molecular formula is C24H19F5. The largest absolute Gasteiger partial charge is 0.206 e. The van der Waals surface area contributed by atoms with E-state index < -0.39 is 29.1 Å². The van der Waals surface area contributed by atoms with E-state index in [9.17, 15) is 22.0 Å². The average molecular weight is 402 g/mol. The third-order valence-electron chi connectivity index (χ3n) is 4.84. The van der Waals surface area contributed by atoms with Crippen molar-refractivity contribution in [3.05, 3.63) is 93.8 Å². The molecule has 0 saturated carbocycles. The van der Waals surface area contributed by atoms with Crippen LogP contribution in [0.3, 0.4) is 0 Å². The van der Waals surface area contributed by atoms with Gasteiger partial charge in [-0.15, -0.1) is 0 Å². The molecule has 0 N–H and O–H groups in total. The number of aryl methyl sites for hydroxylation is 4. The van der Waals surface area contributed by atoms with Crippen molar-refractivity contribution in [2.75, 3.05) is 0 Å². The van der Waals surface area contributed by atoms with E-state index in [-0.39, 0.29) is 16.3 Å². The number of hydrogen-bond acceptors (Lipinski definition) is 0. The van der Waals surface area contributed by atoms with Crippen molar-refractivity contribution in [2.24, 2.45) is 0 Å². The minimum atomic E-state index is -1.11. The number of fused-ring (bicyclic) bond motifs is 2. The monoisotopic (exact) mass is 402 g/mol. The molecule has 0 bridgehead atoms. The van der Waals surface area contributed by atoms with Crippen LogP contribution in [0.15, 0.2) is 42.5 Å². The number of hydrogen-bond donors (Lipinski definition) is 0. The van der Waals surface area contributed by atoms with Crippen LogP contribution in [0.5, 0.6) is 0 Å². The SMILES string of the molecule is Cc1cc(F)c2c(F)c(C)ccc2c1.Cc1cc2ccc(C)c(F)c2c(F)c1F. The summed E-state index contributed by atoms with van der Waals surface area (Å²) in [6.45, 7) is 6.40. The number of benzene rings is 4. The third kappa shape index (κ3) is 3.82. The molecule has 0 nitrogen and oxygen atoms in total. The number of rotatable bonds is 0. The van der Waals surface area contributed by atoms with E-state index >= 15 is 0 Å². The zero-order valence-electron chi connectivity index (χ0n) is 16.4. The average Bonchev–Trinajstić information content (AvgIpc) is 2.66. The summed E-state index contributed by atoms with van der Waals surface area (Å²) in [4.78, 5) is 0. The molecule has 4 rings (SSSR count). The Kier molecular flexibility index (Phi) is 5.60. The second kappa shape index (κ2) is 7.82. The van der Waals surface area contributed by atoms with Crippen LogP contribution in [0, 0.1) is 56.8 Å². The summed E-state index contributed by atoms with van der Waals surface area (Å²) in [6.07, 6.45) is 0. The van der Waals surface area contributed by atoms with Gasteiger partial charge in [0.25, 0.3) is 0 Å². The van der Waals surface area contributed by atoms with Crippen LogP contribution < -0.4 is 0 Å². The quantitative estimate of drug-likeness (QED) is 0.266. The topological polar surface area (TPSA) is 0 Å². The minimum Gasteiger partial charge on any atom is -0.206 e. The normalized spacial score (nSPS) is 10.9. The summed E-state index contributed by atoms with van der Waals surface area (Å²) in [5.74, 6) is -3.72. The van der Waals surface area contributed by atoms with Gasteiger partial charge in [-0.2, -0.15) is 0 Å². The van der Waals surface area contributed by atoms with Gasteiger partial charge in [0.1, 0.15) is 17.5 Å². The second-order valence-corrected chi connectivity index (χ2v) is 7.16. The first-order valence-electron chi connectivity index (χ1n) is 9.00. The molecule has 0 atom stereocenters.